The van der Waals surface area contributed by atoms with Crippen LogP contribution in [0.1, 0.15) is 11.1 Å². The van der Waals surface area contributed by atoms with E-state index in [9.17, 15) is 4.79 Å². The summed E-state index contributed by atoms with van der Waals surface area (Å²) in [6, 6.07) is 21.8. The normalized spacial score (nSPS) is 10.5. The first-order valence-corrected chi connectivity index (χ1v) is 7.66. The zero-order chi connectivity index (χ0) is 16.1. The zero-order valence-electron chi connectivity index (χ0n) is 13.1. The van der Waals surface area contributed by atoms with E-state index in [2.05, 4.69) is 5.32 Å². The van der Waals surface area contributed by atoms with E-state index >= 15 is 0 Å². The average Bonchev–Trinajstić information content (AvgIpc) is 2.59. The lowest BCUT2D eigenvalue weighted by atomic mass is 10.1. The number of rotatable bonds is 5. The molecule has 0 unspecified atom stereocenters. The molecule has 0 radical (unpaired) electrons. The molecule has 3 aromatic rings. The Balaban J connectivity index is 1.59. The van der Waals surface area contributed by atoms with Crippen molar-refractivity contribution < 1.29 is 9.53 Å². The molecular weight excluding hydrogens is 286 g/mol. The topological polar surface area (TPSA) is 38.3 Å². The van der Waals surface area contributed by atoms with Crippen molar-refractivity contribution in [3.63, 3.8) is 0 Å². The number of carbonyl (C=O) groups is 1. The van der Waals surface area contributed by atoms with Crippen LogP contribution < -0.4 is 10.1 Å². The van der Waals surface area contributed by atoms with Crippen molar-refractivity contribution in [2.75, 3.05) is 6.61 Å². The minimum Gasteiger partial charge on any atom is -0.483 e. The standard InChI is InChI=1S/C20H19NO2/c1-15-7-2-3-9-17(15)13-21-20(22)14-23-19-12-6-10-16-8-4-5-11-18(16)19/h2-12H,13-14H2,1H3,(H,21,22). The van der Waals surface area contributed by atoms with E-state index in [1.165, 1.54) is 5.56 Å². The van der Waals surface area contributed by atoms with Crippen molar-refractivity contribution in [1.82, 2.24) is 5.32 Å². The lowest BCUT2D eigenvalue weighted by Gasteiger charge is -2.10. The second kappa shape index (κ2) is 6.97. The molecule has 0 aliphatic heterocycles. The first-order chi connectivity index (χ1) is 11.2. The molecule has 0 saturated carbocycles. The highest BCUT2D eigenvalue weighted by molar-refractivity contribution is 5.88. The van der Waals surface area contributed by atoms with Gasteiger partial charge in [0.05, 0.1) is 0 Å². The monoisotopic (exact) mass is 305 g/mol. The van der Waals surface area contributed by atoms with Gasteiger partial charge in [-0.2, -0.15) is 0 Å². The maximum Gasteiger partial charge on any atom is 0.258 e. The summed E-state index contributed by atoms with van der Waals surface area (Å²) in [6.07, 6.45) is 0. The Bertz CT molecular complexity index is 821. The van der Waals surface area contributed by atoms with E-state index in [4.69, 9.17) is 4.74 Å². The second-order valence-corrected chi connectivity index (χ2v) is 5.47. The summed E-state index contributed by atoms with van der Waals surface area (Å²) < 4.78 is 5.69. The minimum atomic E-state index is -0.124. The largest absolute Gasteiger partial charge is 0.483 e. The third-order valence-corrected chi connectivity index (χ3v) is 3.85. The Hall–Kier alpha value is -2.81. The van der Waals surface area contributed by atoms with Crippen LogP contribution in [0.25, 0.3) is 10.8 Å². The van der Waals surface area contributed by atoms with Gasteiger partial charge in [0.1, 0.15) is 5.75 Å². The SMILES string of the molecule is Cc1ccccc1CNC(=O)COc1cccc2ccccc12. The Morgan fingerprint density at radius 2 is 1.70 bits per heavy atom. The summed E-state index contributed by atoms with van der Waals surface area (Å²) in [7, 11) is 0. The highest BCUT2D eigenvalue weighted by Gasteiger charge is 2.06. The van der Waals surface area contributed by atoms with Crippen molar-refractivity contribution in [1.29, 1.82) is 0 Å². The predicted molar refractivity (Wildman–Crippen MR) is 92.5 cm³/mol. The number of amides is 1. The number of benzene rings is 3. The van der Waals surface area contributed by atoms with Crippen LogP contribution in [0, 0.1) is 6.92 Å². The maximum absolute atomic E-state index is 12.0. The molecule has 1 amide bonds. The van der Waals surface area contributed by atoms with E-state index in [0.717, 1.165) is 22.1 Å². The number of carbonyl (C=O) groups excluding carboxylic acids is 1. The van der Waals surface area contributed by atoms with E-state index in [1.54, 1.807) is 0 Å². The maximum atomic E-state index is 12.0. The van der Waals surface area contributed by atoms with Gasteiger partial charge in [0.25, 0.3) is 5.91 Å². The van der Waals surface area contributed by atoms with Crippen LogP contribution in [-0.4, -0.2) is 12.5 Å². The van der Waals surface area contributed by atoms with Gasteiger partial charge in [0, 0.05) is 11.9 Å². The van der Waals surface area contributed by atoms with Crippen LogP contribution >= 0.6 is 0 Å². The van der Waals surface area contributed by atoms with Crippen LogP contribution in [0.3, 0.4) is 0 Å². The average molecular weight is 305 g/mol. The Kier molecular flexibility index (Phi) is 4.57. The van der Waals surface area contributed by atoms with E-state index in [0.29, 0.717) is 6.54 Å². The summed E-state index contributed by atoms with van der Waals surface area (Å²) in [6.45, 7) is 2.57. The van der Waals surface area contributed by atoms with Gasteiger partial charge in [-0.3, -0.25) is 4.79 Å². The van der Waals surface area contributed by atoms with Crippen molar-refractivity contribution in [2.24, 2.45) is 0 Å². The molecule has 0 atom stereocenters. The Labute approximate surface area is 135 Å². The fraction of sp³-hybridized carbons (Fsp3) is 0.150. The Morgan fingerprint density at radius 3 is 2.57 bits per heavy atom. The summed E-state index contributed by atoms with van der Waals surface area (Å²) >= 11 is 0. The fourth-order valence-corrected chi connectivity index (χ4v) is 2.52. The smallest absolute Gasteiger partial charge is 0.258 e. The predicted octanol–water partition coefficient (Wildman–Crippen LogP) is 3.84. The molecular formula is C20H19NO2. The molecule has 0 bridgehead atoms. The van der Waals surface area contributed by atoms with E-state index in [1.807, 2.05) is 73.7 Å². The van der Waals surface area contributed by atoms with Gasteiger partial charge >= 0.3 is 0 Å². The molecule has 0 aliphatic rings. The van der Waals surface area contributed by atoms with Crippen molar-refractivity contribution >= 4 is 16.7 Å². The summed E-state index contributed by atoms with van der Waals surface area (Å²) in [5.74, 6) is 0.607. The van der Waals surface area contributed by atoms with Gasteiger partial charge in [-0.05, 0) is 29.5 Å². The molecule has 23 heavy (non-hydrogen) atoms. The van der Waals surface area contributed by atoms with Crippen LogP contribution in [0.5, 0.6) is 5.75 Å². The van der Waals surface area contributed by atoms with E-state index < -0.39 is 0 Å². The third kappa shape index (κ3) is 3.69. The number of hydrogen-bond acceptors (Lipinski definition) is 2. The molecule has 3 nitrogen and oxygen atoms in total. The van der Waals surface area contributed by atoms with Gasteiger partial charge in [-0.1, -0.05) is 60.7 Å². The van der Waals surface area contributed by atoms with Crippen LogP contribution in [0.2, 0.25) is 0 Å². The second-order valence-electron chi connectivity index (χ2n) is 5.47. The van der Waals surface area contributed by atoms with Crippen LogP contribution in [-0.2, 0) is 11.3 Å². The zero-order valence-corrected chi connectivity index (χ0v) is 13.1. The van der Waals surface area contributed by atoms with Gasteiger partial charge in [0.15, 0.2) is 6.61 Å². The van der Waals surface area contributed by atoms with Crippen LogP contribution in [0.15, 0.2) is 66.7 Å². The first-order valence-electron chi connectivity index (χ1n) is 7.66. The summed E-state index contributed by atoms with van der Waals surface area (Å²) in [5.41, 5.74) is 2.29. The van der Waals surface area contributed by atoms with Crippen molar-refractivity contribution in [3.05, 3.63) is 77.9 Å². The van der Waals surface area contributed by atoms with Gasteiger partial charge in [-0.25, -0.2) is 0 Å². The molecule has 3 rings (SSSR count). The minimum absolute atomic E-state index is 0.0138. The molecule has 3 aromatic carbocycles. The number of aryl methyl sites for hydroxylation is 1. The lowest BCUT2D eigenvalue weighted by molar-refractivity contribution is -0.123. The molecule has 0 saturated heterocycles. The summed E-state index contributed by atoms with van der Waals surface area (Å²) in [4.78, 5) is 12.0. The number of hydrogen-bond donors (Lipinski definition) is 1. The van der Waals surface area contributed by atoms with Crippen molar-refractivity contribution in [2.45, 2.75) is 13.5 Å². The number of ether oxygens (including phenoxy) is 1. The first kappa shape index (κ1) is 15.1. The van der Waals surface area contributed by atoms with Crippen LogP contribution in [0.4, 0.5) is 0 Å². The molecule has 3 heteroatoms. The summed E-state index contributed by atoms with van der Waals surface area (Å²) in [5, 5.41) is 5.01. The number of nitrogens with one attached hydrogen (secondary N) is 1. The van der Waals surface area contributed by atoms with Gasteiger partial charge in [-0.15, -0.1) is 0 Å². The third-order valence-electron chi connectivity index (χ3n) is 3.85. The highest BCUT2D eigenvalue weighted by Crippen LogP contribution is 2.24. The lowest BCUT2D eigenvalue weighted by Crippen LogP contribution is -2.28. The molecule has 0 aliphatic carbocycles. The Morgan fingerprint density at radius 1 is 0.957 bits per heavy atom. The van der Waals surface area contributed by atoms with Gasteiger partial charge < -0.3 is 10.1 Å². The molecule has 1 N–H and O–H groups in total. The fourth-order valence-electron chi connectivity index (χ4n) is 2.52. The molecule has 0 spiro atoms. The molecule has 0 aromatic heterocycles. The molecule has 116 valence electrons. The molecule has 0 heterocycles. The van der Waals surface area contributed by atoms with Gasteiger partial charge in [0.2, 0.25) is 0 Å². The highest BCUT2D eigenvalue weighted by atomic mass is 16.5. The quantitative estimate of drug-likeness (QED) is 0.777. The number of fused-ring (bicyclic) bond motifs is 1. The van der Waals surface area contributed by atoms with Crippen molar-refractivity contribution in [3.8, 4) is 5.75 Å². The van der Waals surface area contributed by atoms with E-state index in [-0.39, 0.29) is 12.5 Å². The molecule has 0 fully saturated rings.